The standard InChI is InChI=1S/C15H23N3O2/c1-11(2)10-13(12-6-8-16-9-7-12)17-18-14(19)20-15(3,4)5/h6-9,11H,10H2,1-5H3,(H,18,19). The molecule has 1 N–H and O–H groups in total. The van der Waals surface area contributed by atoms with E-state index in [0.29, 0.717) is 5.92 Å². The monoisotopic (exact) mass is 277 g/mol. The number of amides is 1. The van der Waals surface area contributed by atoms with Gasteiger partial charge < -0.3 is 4.74 Å². The van der Waals surface area contributed by atoms with Crippen LogP contribution in [0.1, 0.15) is 46.6 Å². The van der Waals surface area contributed by atoms with Crippen molar-refractivity contribution in [3.05, 3.63) is 30.1 Å². The smallest absolute Gasteiger partial charge is 0.428 e. The van der Waals surface area contributed by atoms with Crippen LogP contribution in [0.4, 0.5) is 4.79 Å². The summed E-state index contributed by atoms with van der Waals surface area (Å²) in [5, 5.41) is 4.18. The normalized spacial score (nSPS) is 12.4. The maximum absolute atomic E-state index is 11.6. The topological polar surface area (TPSA) is 63.6 Å². The van der Waals surface area contributed by atoms with Crippen molar-refractivity contribution in [3.8, 4) is 0 Å². The van der Waals surface area contributed by atoms with E-state index < -0.39 is 11.7 Å². The molecule has 0 fully saturated rings. The van der Waals surface area contributed by atoms with E-state index in [1.54, 1.807) is 12.4 Å². The molecule has 0 aliphatic carbocycles. The molecule has 110 valence electrons. The van der Waals surface area contributed by atoms with Crippen LogP contribution < -0.4 is 5.43 Å². The summed E-state index contributed by atoms with van der Waals surface area (Å²) in [6, 6.07) is 3.75. The lowest BCUT2D eigenvalue weighted by molar-refractivity contribution is 0.0529. The first-order chi connectivity index (χ1) is 9.28. The van der Waals surface area contributed by atoms with Crippen molar-refractivity contribution in [2.75, 3.05) is 0 Å². The molecule has 0 aromatic carbocycles. The summed E-state index contributed by atoms with van der Waals surface area (Å²) in [4.78, 5) is 15.6. The van der Waals surface area contributed by atoms with Gasteiger partial charge in [0, 0.05) is 18.0 Å². The first-order valence-electron chi connectivity index (χ1n) is 6.74. The molecule has 0 radical (unpaired) electrons. The summed E-state index contributed by atoms with van der Waals surface area (Å²) in [6.45, 7) is 9.64. The van der Waals surface area contributed by atoms with Gasteiger partial charge in [-0.25, -0.2) is 10.2 Å². The minimum atomic E-state index is -0.548. The third kappa shape index (κ3) is 6.31. The van der Waals surface area contributed by atoms with Gasteiger partial charge in [-0.2, -0.15) is 5.10 Å². The number of rotatable bonds is 4. The Morgan fingerprint density at radius 1 is 1.35 bits per heavy atom. The fraction of sp³-hybridized carbons (Fsp3) is 0.533. The highest BCUT2D eigenvalue weighted by atomic mass is 16.6. The van der Waals surface area contributed by atoms with E-state index in [-0.39, 0.29) is 0 Å². The predicted octanol–water partition coefficient (Wildman–Crippen LogP) is 3.36. The lowest BCUT2D eigenvalue weighted by atomic mass is 10.0. The molecule has 5 nitrogen and oxygen atoms in total. The molecule has 0 saturated carbocycles. The Morgan fingerprint density at radius 2 is 1.95 bits per heavy atom. The fourth-order valence-corrected chi connectivity index (χ4v) is 1.57. The molecule has 1 amide bonds. The Labute approximate surface area is 120 Å². The van der Waals surface area contributed by atoms with Crippen molar-refractivity contribution in [3.63, 3.8) is 0 Å². The Balaban J connectivity index is 2.79. The van der Waals surface area contributed by atoms with Crippen molar-refractivity contribution in [1.29, 1.82) is 0 Å². The van der Waals surface area contributed by atoms with Gasteiger partial charge in [0.05, 0.1) is 5.71 Å². The number of ether oxygens (including phenoxy) is 1. The molecule has 0 aliphatic heterocycles. The minimum absolute atomic E-state index is 0.433. The first-order valence-corrected chi connectivity index (χ1v) is 6.74. The summed E-state index contributed by atoms with van der Waals surface area (Å²) < 4.78 is 5.16. The fourth-order valence-electron chi connectivity index (χ4n) is 1.57. The highest BCUT2D eigenvalue weighted by Gasteiger charge is 2.16. The van der Waals surface area contributed by atoms with E-state index >= 15 is 0 Å². The minimum Gasteiger partial charge on any atom is -0.443 e. The number of hydrogen-bond acceptors (Lipinski definition) is 4. The molecule has 5 heteroatoms. The van der Waals surface area contributed by atoms with Gasteiger partial charge in [-0.05, 0) is 45.2 Å². The zero-order valence-electron chi connectivity index (χ0n) is 12.8. The van der Waals surface area contributed by atoms with Gasteiger partial charge in [-0.15, -0.1) is 0 Å². The first kappa shape index (κ1) is 16.1. The van der Waals surface area contributed by atoms with Crippen LogP contribution in [0.3, 0.4) is 0 Å². The van der Waals surface area contributed by atoms with Gasteiger partial charge in [-0.3, -0.25) is 4.98 Å². The average molecular weight is 277 g/mol. The summed E-state index contributed by atoms with van der Waals surface area (Å²) in [7, 11) is 0. The third-order valence-electron chi connectivity index (χ3n) is 2.30. The largest absolute Gasteiger partial charge is 0.443 e. The molecule has 1 rings (SSSR count). The van der Waals surface area contributed by atoms with E-state index in [1.807, 2.05) is 32.9 Å². The summed E-state index contributed by atoms with van der Waals surface area (Å²) in [5.41, 5.74) is 3.68. The van der Waals surface area contributed by atoms with Crippen LogP contribution in [0.2, 0.25) is 0 Å². The molecular formula is C15H23N3O2. The van der Waals surface area contributed by atoms with E-state index in [0.717, 1.165) is 17.7 Å². The SMILES string of the molecule is CC(C)CC(=NNC(=O)OC(C)(C)C)c1ccncc1. The summed E-state index contributed by atoms with van der Waals surface area (Å²) in [5.74, 6) is 0.433. The second kappa shape index (κ2) is 7.03. The lowest BCUT2D eigenvalue weighted by Crippen LogP contribution is -2.30. The van der Waals surface area contributed by atoms with Crippen LogP contribution in [-0.4, -0.2) is 22.4 Å². The number of pyridine rings is 1. The van der Waals surface area contributed by atoms with E-state index in [9.17, 15) is 4.79 Å². The number of aromatic nitrogens is 1. The number of nitrogens with one attached hydrogen (secondary N) is 1. The van der Waals surface area contributed by atoms with Crippen molar-refractivity contribution < 1.29 is 9.53 Å². The number of nitrogens with zero attached hydrogens (tertiary/aromatic N) is 2. The molecule has 0 aliphatic rings. The number of hydrogen-bond donors (Lipinski definition) is 1. The van der Waals surface area contributed by atoms with Crippen molar-refractivity contribution in [2.45, 2.75) is 46.6 Å². The molecule has 0 unspecified atom stereocenters. The number of carbonyl (C=O) groups excluding carboxylic acids is 1. The Kier molecular flexibility index (Phi) is 5.67. The van der Waals surface area contributed by atoms with Crippen LogP contribution in [0.25, 0.3) is 0 Å². The van der Waals surface area contributed by atoms with Crippen LogP contribution in [-0.2, 0) is 4.74 Å². The van der Waals surface area contributed by atoms with E-state index in [1.165, 1.54) is 0 Å². The summed E-state index contributed by atoms with van der Waals surface area (Å²) >= 11 is 0. The maximum atomic E-state index is 11.6. The second-order valence-electron chi connectivity index (χ2n) is 6.01. The summed E-state index contributed by atoms with van der Waals surface area (Å²) in [6.07, 6.45) is 3.63. The van der Waals surface area contributed by atoms with Crippen molar-refractivity contribution in [1.82, 2.24) is 10.4 Å². The molecule has 1 heterocycles. The molecular weight excluding hydrogens is 254 g/mol. The molecule has 1 aromatic heterocycles. The highest BCUT2D eigenvalue weighted by Crippen LogP contribution is 2.10. The quantitative estimate of drug-likeness (QED) is 0.678. The molecule has 0 spiro atoms. The van der Waals surface area contributed by atoms with Gasteiger partial charge in [0.15, 0.2) is 0 Å². The number of hydrazone groups is 1. The van der Waals surface area contributed by atoms with Gasteiger partial charge in [0.1, 0.15) is 5.60 Å². The zero-order valence-corrected chi connectivity index (χ0v) is 12.8. The molecule has 20 heavy (non-hydrogen) atoms. The van der Waals surface area contributed by atoms with Gasteiger partial charge in [0.2, 0.25) is 0 Å². The van der Waals surface area contributed by atoms with Crippen LogP contribution in [0, 0.1) is 5.92 Å². The van der Waals surface area contributed by atoms with Crippen LogP contribution >= 0.6 is 0 Å². The molecule has 0 atom stereocenters. The van der Waals surface area contributed by atoms with Gasteiger partial charge in [0.25, 0.3) is 0 Å². The van der Waals surface area contributed by atoms with E-state index in [2.05, 4.69) is 29.4 Å². The van der Waals surface area contributed by atoms with E-state index in [4.69, 9.17) is 4.74 Å². The van der Waals surface area contributed by atoms with Crippen LogP contribution in [0.15, 0.2) is 29.6 Å². The second-order valence-corrected chi connectivity index (χ2v) is 6.01. The Hall–Kier alpha value is -1.91. The molecule has 1 aromatic rings. The predicted molar refractivity (Wildman–Crippen MR) is 79.6 cm³/mol. The average Bonchev–Trinajstić information content (AvgIpc) is 2.33. The zero-order chi connectivity index (χ0) is 15.2. The maximum Gasteiger partial charge on any atom is 0.428 e. The van der Waals surface area contributed by atoms with Crippen molar-refractivity contribution >= 4 is 11.8 Å². The third-order valence-corrected chi connectivity index (χ3v) is 2.30. The number of carbonyl (C=O) groups is 1. The Morgan fingerprint density at radius 3 is 2.45 bits per heavy atom. The molecule has 0 saturated heterocycles. The molecule has 0 bridgehead atoms. The van der Waals surface area contributed by atoms with Gasteiger partial charge >= 0.3 is 6.09 Å². The lowest BCUT2D eigenvalue weighted by Gasteiger charge is -2.19. The van der Waals surface area contributed by atoms with Gasteiger partial charge in [-0.1, -0.05) is 13.8 Å². The van der Waals surface area contributed by atoms with Crippen LogP contribution in [0.5, 0.6) is 0 Å². The highest BCUT2D eigenvalue weighted by molar-refractivity contribution is 6.00. The van der Waals surface area contributed by atoms with Crippen molar-refractivity contribution in [2.24, 2.45) is 11.0 Å². The Bertz CT molecular complexity index is 462.